The highest BCUT2D eigenvalue weighted by Gasteiger charge is 2.45. The number of benzene rings is 1. The van der Waals surface area contributed by atoms with Crippen LogP contribution in [0.3, 0.4) is 0 Å². The number of nitrogens with zero attached hydrogens (tertiary/aromatic N) is 2. The second-order valence-electron chi connectivity index (χ2n) is 8.68. The molecule has 5 nitrogen and oxygen atoms in total. The van der Waals surface area contributed by atoms with Crippen LogP contribution in [0.15, 0.2) is 24.3 Å². The Morgan fingerprint density at radius 3 is 2.48 bits per heavy atom. The number of halogens is 5. The Labute approximate surface area is 187 Å². The molecule has 1 N–H and O–H groups in total. The summed E-state index contributed by atoms with van der Waals surface area (Å²) in [6, 6.07) is 4.88. The summed E-state index contributed by atoms with van der Waals surface area (Å²) in [4.78, 5) is 17.9. The van der Waals surface area contributed by atoms with Crippen molar-refractivity contribution in [3.8, 4) is 0 Å². The number of nitrogens with one attached hydrogen (secondary N) is 1. The van der Waals surface area contributed by atoms with Gasteiger partial charge in [-0.25, -0.2) is 22.5 Å². The summed E-state index contributed by atoms with van der Waals surface area (Å²) >= 11 is 0. The van der Waals surface area contributed by atoms with Gasteiger partial charge in [0, 0.05) is 38.4 Å². The van der Waals surface area contributed by atoms with Crippen molar-refractivity contribution in [3.05, 3.63) is 53.0 Å². The summed E-state index contributed by atoms with van der Waals surface area (Å²) in [7, 11) is 0. The van der Waals surface area contributed by atoms with Gasteiger partial charge in [0.2, 0.25) is 17.8 Å². The van der Waals surface area contributed by atoms with Gasteiger partial charge in [0.05, 0.1) is 18.4 Å². The Hall–Kier alpha value is -2.75. The lowest BCUT2D eigenvalue weighted by atomic mass is 9.79. The number of hydrogen-bond acceptors (Lipinski definition) is 4. The Bertz CT molecular complexity index is 997. The van der Waals surface area contributed by atoms with E-state index in [2.05, 4.69) is 10.3 Å². The Morgan fingerprint density at radius 1 is 1.15 bits per heavy atom. The fourth-order valence-electron chi connectivity index (χ4n) is 4.34. The lowest BCUT2D eigenvalue weighted by molar-refractivity contribution is -0.129. The molecule has 1 saturated carbocycles. The SMILES string of the molecule is Cc1cc(N2CCO[C@H](c3cc(F)cc(F)c3)CC2)nc(F)c1NC(=O)CC1CC(F)(F)C1. The van der Waals surface area contributed by atoms with Crippen LogP contribution in [0.5, 0.6) is 0 Å². The predicted molar refractivity (Wildman–Crippen MR) is 112 cm³/mol. The van der Waals surface area contributed by atoms with Crippen LogP contribution in [-0.2, 0) is 9.53 Å². The standard InChI is InChI=1S/C23H24F5N3O2/c1-13-6-19(29-22(26)21(13)30-20(32)7-14-11-23(27,28)12-14)31-3-2-18(33-5-4-31)15-8-16(24)10-17(25)9-15/h6,8-10,14,18H,2-5,7,11-12H2,1H3,(H,30,32)/t18-/m0/s1. The molecule has 1 aliphatic heterocycles. The summed E-state index contributed by atoms with van der Waals surface area (Å²) in [6.07, 6.45) is -0.862. The van der Waals surface area contributed by atoms with Gasteiger partial charge in [-0.15, -0.1) is 0 Å². The largest absolute Gasteiger partial charge is 0.372 e. The first-order valence-electron chi connectivity index (χ1n) is 10.8. The van der Waals surface area contributed by atoms with Gasteiger partial charge in [-0.05, 0) is 48.6 Å². The molecular weight excluding hydrogens is 445 g/mol. The highest BCUT2D eigenvalue weighted by Crippen LogP contribution is 2.44. The quantitative estimate of drug-likeness (QED) is 0.486. The number of amides is 1. The van der Waals surface area contributed by atoms with Crippen LogP contribution in [0.4, 0.5) is 33.5 Å². The van der Waals surface area contributed by atoms with E-state index in [-0.39, 0.29) is 31.6 Å². The summed E-state index contributed by atoms with van der Waals surface area (Å²) in [5.74, 6) is -5.54. The molecule has 1 aromatic heterocycles. The first-order valence-corrected chi connectivity index (χ1v) is 10.8. The third kappa shape index (κ3) is 5.61. The molecule has 1 aromatic carbocycles. The van der Waals surface area contributed by atoms with E-state index >= 15 is 0 Å². The average Bonchev–Trinajstić information content (AvgIpc) is 2.95. The van der Waals surface area contributed by atoms with E-state index in [1.54, 1.807) is 17.9 Å². The van der Waals surface area contributed by atoms with Crippen molar-refractivity contribution in [2.45, 2.75) is 44.6 Å². The molecule has 1 amide bonds. The van der Waals surface area contributed by atoms with Crippen LogP contribution >= 0.6 is 0 Å². The van der Waals surface area contributed by atoms with Crippen molar-refractivity contribution in [3.63, 3.8) is 0 Å². The fourth-order valence-corrected chi connectivity index (χ4v) is 4.34. The second-order valence-corrected chi connectivity index (χ2v) is 8.68. The number of carbonyl (C=O) groups excluding carboxylic acids is 1. The number of carbonyl (C=O) groups is 1. The topological polar surface area (TPSA) is 54.5 Å². The number of ether oxygens (including phenoxy) is 1. The van der Waals surface area contributed by atoms with E-state index in [4.69, 9.17) is 4.74 Å². The van der Waals surface area contributed by atoms with E-state index in [0.29, 0.717) is 36.5 Å². The molecule has 1 aliphatic carbocycles. The molecule has 178 valence electrons. The predicted octanol–water partition coefficient (Wildman–Crippen LogP) is 5.15. The van der Waals surface area contributed by atoms with Gasteiger partial charge in [0.1, 0.15) is 17.5 Å². The summed E-state index contributed by atoms with van der Waals surface area (Å²) in [6.45, 7) is 2.67. The molecule has 0 spiro atoms. The summed E-state index contributed by atoms with van der Waals surface area (Å²) in [5, 5.41) is 2.45. The van der Waals surface area contributed by atoms with Crippen LogP contribution in [-0.4, -0.2) is 36.5 Å². The molecule has 33 heavy (non-hydrogen) atoms. The summed E-state index contributed by atoms with van der Waals surface area (Å²) in [5.41, 5.74) is 0.764. The molecule has 0 unspecified atom stereocenters. The molecule has 2 heterocycles. The van der Waals surface area contributed by atoms with E-state index in [1.165, 1.54) is 12.1 Å². The molecule has 2 fully saturated rings. The van der Waals surface area contributed by atoms with Gasteiger partial charge in [-0.1, -0.05) is 0 Å². The average molecular weight is 469 g/mol. The Balaban J connectivity index is 1.40. The van der Waals surface area contributed by atoms with Crippen molar-refractivity contribution in [2.75, 3.05) is 29.9 Å². The number of anilines is 2. The van der Waals surface area contributed by atoms with Crippen molar-refractivity contribution in [1.82, 2.24) is 4.98 Å². The minimum absolute atomic E-state index is 0.0750. The fraction of sp³-hybridized carbons (Fsp3) is 0.478. The van der Waals surface area contributed by atoms with Crippen LogP contribution in [0.1, 0.15) is 42.9 Å². The maximum Gasteiger partial charge on any atom is 0.248 e. The zero-order valence-corrected chi connectivity index (χ0v) is 18.0. The first kappa shape index (κ1) is 23.4. The highest BCUT2D eigenvalue weighted by molar-refractivity contribution is 5.91. The van der Waals surface area contributed by atoms with E-state index in [1.807, 2.05) is 0 Å². The maximum absolute atomic E-state index is 14.7. The monoisotopic (exact) mass is 469 g/mol. The van der Waals surface area contributed by atoms with E-state index in [0.717, 1.165) is 6.07 Å². The number of rotatable bonds is 5. The van der Waals surface area contributed by atoms with Gasteiger partial charge >= 0.3 is 0 Å². The zero-order valence-electron chi connectivity index (χ0n) is 18.0. The highest BCUT2D eigenvalue weighted by atomic mass is 19.3. The number of aromatic nitrogens is 1. The minimum atomic E-state index is -2.71. The maximum atomic E-state index is 14.7. The van der Waals surface area contributed by atoms with E-state index in [9.17, 15) is 26.7 Å². The molecule has 1 saturated heterocycles. The van der Waals surface area contributed by atoms with Crippen LogP contribution in [0.2, 0.25) is 0 Å². The van der Waals surface area contributed by atoms with E-state index < -0.39 is 41.4 Å². The lowest BCUT2D eigenvalue weighted by Crippen LogP contribution is -2.37. The molecule has 1 atom stereocenters. The molecular formula is C23H24F5N3O2. The summed E-state index contributed by atoms with van der Waals surface area (Å²) < 4.78 is 73.5. The second kappa shape index (κ2) is 9.24. The molecule has 2 aromatic rings. The van der Waals surface area contributed by atoms with Gasteiger partial charge in [0.15, 0.2) is 0 Å². The molecule has 4 rings (SSSR count). The molecule has 10 heteroatoms. The molecule has 0 bridgehead atoms. The van der Waals surface area contributed by atoms with Gasteiger partial charge in [-0.3, -0.25) is 4.79 Å². The third-order valence-corrected chi connectivity index (χ3v) is 5.99. The van der Waals surface area contributed by atoms with Crippen molar-refractivity contribution >= 4 is 17.4 Å². The molecule has 0 radical (unpaired) electrons. The number of pyridine rings is 1. The minimum Gasteiger partial charge on any atom is -0.372 e. The van der Waals surface area contributed by atoms with Crippen LogP contribution in [0.25, 0.3) is 0 Å². The van der Waals surface area contributed by atoms with Crippen LogP contribution in [0, 0.1) is 30.4 Å². The Kier molecular flexibility index (Phi) is 6.56. The van der Waals surface area contributed by atoms with Gasteiger partial charge < -0.3 is 15.0 Å². The van der Waals surface area contributed by atoms with Crippen molar-refractivity contribution < 1.29 is 31.5 Å². The van der Waals surface area contributed by atoms with Crippen molar-refractivity contribution in [1.29, 1.82) is 0 Å². The zero-order chi connectivity index (χ0) is 23.8. The number of alkyl halides is 2. The van der Waals surface area contributed by atoms with Gasteiger partial charge in [-0.2, -0.15) is 4.39 Å². The van der Waals surface area contributed by atoms with Gasteiger partial charge in [0.25, 0.3) is 0 Å². The third-order valence-electron chi connectivity index (χ3n) is 5.99. The Morgan fingerprint density at radius 2 is 1.85 bits per heavy atom. The van der Waals surface area contributed by atoms with Crippen LogP contribution < -0.4 is 10.2 Å². The van der Waals surface area contributed by atoms with Crippen molar-refractivity contribution in [2.24, 2.45) is 5.92 Å². The first-order chi connectivity index (χ1) is 15.6. The molecule has 2 aliphatic rings. The number of hydrogen-bond donors (Lipinski definition) is 1. The normalized spacial score (nSPS) is 20.8. The smallest absolute Gasteiger partial charge is 0.248 e. The number of aryl methyl sites for hydroxylation is 1. The lowest BCUT2D eigenvalue weighted by Gasteiger charge is -2.34.